The molecule has 34 heavy (non-hydrogen) atoms. The van der Waals surface area contributed by atoms with E-state index in [0.717, 1.165) is 5.39 Å². The minimum atomic E-state index is -0.754. The van der Waals surface area contributed by atoms with Crippen molar-refractivity contribution in [3.8, 4) is 11.1 Å². The van der Waals surface area contributed by atoms with Crippen LogP contribution in [0.1, 0.15) is 52.1 Å². The van der Waals surface area contributed by atoms with Gasteiger partial charge in [-0.3, -0.25) is 14.9 Å². The van der Waals surface area contributed by atoms with Gasteiger partial charge in [0.15, 0.2) is 5.76 Å². The van der Waals surface area contributed by atoms with E-state index in [2.05, 4.69) is 0 Å². The Kier molecular flexibility index (Phi) is 6.10. The van der Waals surface area contributed by atoms with E-state index < -0.39 is 16.5 Å². The zero-order valence-electron chi connectivity index (χ0n) is 19.2. The second kappa shape index (κ2) is 8.87. The molecule has 0 atom stereocenters. The lowest BCUT2D eigenvalue weighted by molar-refractivity contribution is -0.385. The Morgan fingerprint density at radius 3 is 2.53 bits per heavy atom. The number of fused-ring (bicyclic) bond motifs is 1. The number of rotatable bonds is 6. The number of ether oxygens (including phenoxy) is 1. The molecule has 0 bridgehead atoms. The van der Waals surface area contributed by atoms with Crippen molar-refractivity contribution in [1.29, 1.82) is 0 Å². The molecule has 0 aliphatic heterocycles. The molecule has 7 nitrogen and oxygen atoms in total. The van der Waals surface area contributed by atoms with Crippen LogP contribution in [0.15, 0.2) is 58.3 Å². The van der Waals surface area contributed by atoms with Crippen molar-refractivity contribution >= 4 is 39.7 Å². The number of furan rings is 1. The van der Waals surface area contributed by atoms with E-state index in [1.807, 2.05) is 18.2 Å². The number of hydrogen-bond acceptors (Lipinski definition) is 7. The van der Waals surface area contributed by atoms with Gasteiger partial charge in [-0.05, 0) is 50.8 Å². The Balaban J connectivity index is 1.76. The number of para-hydroxylation sites is 1. The van der Waals surface area contributed by atoms with E-state index in [1.165, 1.54) is 17.4 Å². The minimum Gasteiger partial charge on any atom is -0.456 e. The third-order valence-electron chi connectivity index (χ3n) is 5.21. The van der Waals surface area contributed by atoms with Gasteiger partial charge in [0.1, 0.15) is 11.2 Å². The first kappa shape index (κ1) is 23.4. The number of ketones is 1. The SMILES string of the molecule is Cc1ccc(-c2csc(CC(=O)c3cc4ccccc4o3)c2C(=O)OC(C)(C)C)cc1[N+](=O)[O-]. The van der Waals surface area contributed by atoms with Gasteiger partial charge in [-0.2, -0.15) is 0 Å². The molecule has 0 aliphatic carbocycles. The molecular weight excluding hydrogens is 454 g/mol. The van der Waals surface area contributed by atoms with Crippen molar-refractivity contribution in [2.45, 2.75) is 39.7 Å². The third-order valence-corrected chi connectivity index (χ3v) is 6.20. The molecule has 0 saturated heterocycles. The highest BCUT2D eigenvalue weighted by molar-refractivity contribution is 7.11. The number of thiophene rings is 1. The number of aryl methyl sites for hydroxylation is 1. The molecule has 174 valence electrons. The van der Waals surface area contributed by atoms with Crippen molar-refractivity contribution in [3.05, 3.63) is 85.8 Å². The fraction of sp³-hybridized carbons (Fsp3) is 0.231. The van der Waals surface area contributed by atoms with Crippen LogP contribution < -0.4 is 0 Å². The predicted octanol–water partition coefficient (Wildman–Crippen LogP) is 6.76. The number of hydrogen-bond donors (Lipinski definition) is 0. The fourth-order valence-electron chi connectivity index (χ4n) is 3.62. The monoisotopic (exact) mass is 477 g/mol. The minimum absolute atomic E-state index is 0.0428. The molecule has 0 N–H and O–H groups in total. The van der Waals surface area contributed by atoms with Gasteiger partial charge >= 0.3 is 5.97 Å². The highest BCUT2D eigenvalue weighted by atomic mass is 32.1. The van der Waals surface area contributed by atoms with Crippen molar-refractivity contribution < 1.29 is 23.7 Å². The van der Waals surface area contributed by atoms with Gasteiger partial charge in [-0.15, -0.1) is 11.3 Å². The molecule has 0 unspecified atom stereocenters. The van der Waals surface area contributed by atoms with Gasteiger partial charge in [-0.1, -0.05) is 30.3 Å². The summed E-state index contributed by atoms with van der Waals surface area (Å²) in [5, 5.41) is 14.0. The fourth-order valence-corrected chi connectivity index (χ4v) is 4.66. The molecule has 0 saturated carbocycles. The maximum absolute atomic E-state index is 13.2. The average molecular weight is 478 g/mol. The van der Waals surface area contributed by atoms with Crippen LogP contribution in [0, 0.1) is 17.0 Å². The lowest BCUT2D eigenvalue weighted by Crippen LogP contribution is -2.24. The van der Waals surface area contributed by atoms with E-state index in [1.54, 1.807) is 57.3 Å². The first-order valence-corrected chi connectivity index (χ1v) is 11.5. The molecule has 2 aromatic heterocycles. The van der Waals surface area contributed by atoms with E-state index in [-0.39, 0.29) is 29.2 Å². The summed E-state index contributed by atoms with van der Waals surface area (Å²) in [6, 6.07) is 13.8. The Morgan fingerprint density at radius 1 is 1.12 bits per heavy atom. The zero-order chi connectivity index (χ0) is 24.6. The largest absolute Gasteiger partial charge is 0.456 e. The van der Waals surface area contributed by atoms with Crippen LogP contribution in [-0.2, 0) is 11.2 Å². The quantitative estimate of drug-likeness (QED) is 0.132. The van der Waals surface area contributed by atoms with Gasteiger partial charge in [0, 0.05) is 33.9 Å². The smallest absolute Gasteiger partial charge is 0.340 e. The molecule has 0 aliphatic rings. The van der Waals surface area contributed by atoms with Crippen LogP contribution in [0.25, 0.3) is 22.1 Å². The van der Waals surface area contributed by atoms with Crippen LogP contribution in [0.2, 0.25) is 0 Å². The van der Waals surface area contributed by atoms with E-state index >= 15 is 0 Å². The number of benzene rings is 2. The predicted molar refractivity (Wildman–Crippen MR) is 131 cm³/mol. The van der Waals surface area contributed by atoms with Crippen molar-refractivity contribution in [2.75, 3.05) is 0 Å². The number of esters is 1. The number of nitro groups is 1. The van der Waals surface area contributed by atoms with Crippen LogP contribution in [0.3, 0.4) is 0 Å². The summed E-state index contributed by atoms with van der Waals surface area (Å²) < 4.78 is 11.3. The van der Waals surface area contributed by atoms with Crippen molar-refractivity contribution in [2.24, 2.45) is 0 Å². The number of Topliss-reactive ketones (excluding diaryl/α,β-unsaturated/α-hetero) is 1. The molecule has 8 heteroatoms. The number of nitro benzene ring substituents is 1. The van der Waals surface area contributed by atoms with Gasteiger partial charge in [0.05, 0.1) is 10.5 Å². The Morgan fingerprint density at radius 2 is 1.85 bits per heavy atom. The Bertz CT molecular complexity index is 1390. The lowest BCUT2D eigenvalue weighted by atomic mass is 9.99. The van der Waals surface area contributed by atoms with Gasteiger partial charge in [0.2, 0.25) is 5.78 Å². The lowest BCUT2D eigenvalue weighted by Gasteiger charge is -2.20. The molecule has 4 rings (SSSR count). The molecule has 2 aromatic carbocycles. The number of carbonyl (C=O) groups excluding carboxylic acids is 2. The normalized spacial score (nSPS) is 11.5. The maximum atomic E-state index is 13.2. The van der Waals surface area contributed by atoms with E-state index in [0.29, 0.717) is 27.2 Å². The average Bonchev–Trinajstić information content (AvgIpc) is 3.37. The van der Waals surface area contributed by atoms with Crippen LogP contribution in [0.4, 0.5) is 5.69 Å². The highest BCUT2D eigenvalue weighted by Gasteiger charge is 2.28. The Hall–Kier alpha value is -3.78. The summed E-state index contributed by atoms with van der Waals surface area (Å²) >= 11 is 1.24. The highest BCUT2D eigenvalue weighted by Crippen LogP contribution is 2.36. The second-order valence-corrected chi connectivity index (χ2v) is 9.92. The molecular formula is C26H23NO6S. The van der Waals surface area contributed by atoms with Crippen LogP contribution in [-0.4, -0.2) is 22.3 Å². The first-order chi connectivity index (χ1) is 16.0. The third kappa shape index (κ3) is 4.77. The topological polar surface area (TPSA) is 99.7 Å². The van der Waals surface area contributed by atoms with E-state index in [9.17, 15) is 19.7 Å². The standard InChI is InChI=1S/C26H23NO6S/c1-15-9-10-16(11-19(15)27(30)31)18-14-34-23(24(18)25(29)33-26(2,3)4)13-20(28)22-12-17-7-5-6-8-21(17)32-22/h5-12,14H,13H2,1-4H3. The number of carbonyl (C=O) groups is 2. The summed E-state index contributed by atoms with van der Waals surface area (Å²) in [6.45, 7) is 6.93. The summed E-state index contributed by atoms with van der Waals surface area (Å²) in [5.74, 6) is -0.652. The molecule has 2 heterocycles. The molecule has 4 aromatic rings. The van der Waals surface area contributed by atoms with Crippen LogP contribution >= 0.6 is 11.3 Å². The summed E-state index contributed by atoms with van der Waals surface area (Å²) in [4.78, 5) is 37.8. The van der Waals surface area contributed by atoms with Gasteiger partial charge in [-0.25, -0.2) is 4.79 Å². The van der Waals surface area contributed by atoms with E-state index in [4.69, 9.17) is 9.15 Å². The molecule has 0 radical (unpaired) electrons. The second-order valence-electron chi connectivity index (χ2n) is 8.96. The van der Waals surface area contributed by atoms with Gasteiger partial charge < -0.3 is 9.15 Å². The van der Waals surface area contributed by atoms with Crippen molar-refractivity contribution in [3.63, 3.8) is 0 Å². The first-order valence-electron chi connectivity index (χ1n) is 10.6. The molecule has 0 spiro atoms. The summed E-state index contributed by atoms with van der Waals surface area (Å²) in [7, 11) is 0. The molecule has 0 fully saturated rings. The summed E-state index contributed by atoms with van der Waals surface area (Å²) in [6.07, 6.45) is -0.0625. The maximum Gasteiger partial charge on any atom is 0.340 e. The van der Waals surface area contributed by atoms with Gasteiger partial charge in [0.25, 0.3) is 5.69 Å². The van der Waals surface area contributed by atoms with Crippen molar-refractivity contribution in [1.82, 2.24) is 0 Å². The van der Waals surface area contributed by atoms with Crippen LogP contribution in [0.5, 0.6) is 0 Å². The zero-order valence-corrected chi connectivity index (χ0v) is 20.0. The molecule has 0 amide bonds. The summed E-state index contributed by atoms with van der Waals surface area (Å²) in [5.41, 5.74) is 1.57. The number of nitrogens with zero attached hydrogens (tertiary/aromatic N) is 1. The Labute approximate surface area is 200 Å².